The maximum atomic E-state index is 14.2. The number of amides is 2. The van der Waals surface area contributed by atoms with E-state index < -0.39 is 28.5 Å². The topological polar surface area (TPSA) is 86.8 Å². The number of carbonyl (C=O) groups excluding carboxylic acids is 2. The minimum Gasteiger partial charge on any atom is -0.352 e. The molecule has 7 nitrogen and oxygen atoms in total. The smallest absolute Gasteiger partial charge is 0.244 e. The van der Waals surface area contributed by atoms with Crippen LogP contribution in [0.1, 0.15) is 56.7 Å². The Balaban J connectivity index is 2.06. The molecule has 0 aliphatic heterocycles. The molecule has 3 aromatic carbocycles. The third-order valence-corrected chi connectivity index (χ3v) is 8.61. The Labute approximate surface area is 249 Å². The van der Waals surface area contributed by atoms with E-state index in [0.717, 1.165) is 28.1 Å². The molecule has 41 heavy (non-hydrogen) atoms. The molecule has 2 amide bonds. The predicted molar refractivity (Wildman–Crippen MR) is 167 cm³/mol. The van der Waals surface area contributed by atoms with Crippen molar-refractivity contribution < 1.29 is 18.0 Å². The number of hydrogen-bond acceptors (Lipinski definition) is 4. The molecule has 2 atom stereocenters. The second-order valence-electron chi connectivity index (χ2n) is 10.7. The van der Waals surface area contributed by atoms with Crippen molar-refractivity contribution in [3.8, 4) is 0 Å². The highest BCUT2D eigenvalue weighted by Gasteiger charge is 2.33. The molecule has 220 valence electrons. The van der Waals surface area contributed by atoms with Crippen molar-refractivity contribution in [2.75, 3.05) is 17.1 Å². The van der Waals surface area contributed by atoms with Gasteiger partial charge in [-0.3, -0.25) is 13.9 Å². The Hall–Kier alpha value is -3.36. The number of benzene rings is 3. The van der Waals surface area contributed by atoms with Crippen molar-refractivity contribution in [3.05, 3.63) is 101 Å². The molecule has 0 heterocycles. The zero-order chi connectivity index (χ0) is 30.2. The van der Waals surface area contributed by atoms with Gasteiger partial charge in [-0.1, -0.05) is 93.0 Å². The van der Waals surface area contributed by atoms with Crippen molar-refractivity contribution in [1.82, 2.24) is 10.2 Å². The van der Waals surface area contributed by atoms with Crippen LogP contribution in [0.25, 0.3) is 0 Å². The third kappa shape index (κ3) is 9.07. The summed E-state index contributed by atoms with van der Waals surface area (Å²) in [6.45, 7) is 7.55. The third-order valence-electron chi connectivity index (χ3n) is 7.10. The van der Waals surface area contributed by atoms with E-state index in [9.17, 15) is 18.0 Å². The minimum absolute atomic E-state index is 0.0355. The SMILES string of the molecule is CC[C@@H](C)NC(=O)[C@H](Cc1ccccc1)N(Cc1ccccc1Cl)C(=O)CN(c1ccc(C(C)C)cc1)S(C)(=O)=O. The standard InChI is InChI=1S/C32H40ClN3O4S/c1-6-24(4)34-32(38)30(20-25-12-8-7-9-13-25)35(21-27-14-10-11-15-29(27)33)31(37)22-36(41(5,39)40)28-18-16-26(17-19-28)23(2)3/h7-19,23-24,30H,6,20-22H2,1-5H3,(H,34,38)/t24-,30+/m1/s1. The van der Waals surface area contributed by atoms with Crippen molar-refractivity contribution in [1.29, 1.82) is 0 Å². The molecule has 0 saturated heterocycles. The fourth-order valence-electron chi connectivity index (χ4n) is 4.44. The zero-order valence-electron chi connectivity index (χ0n) is 24.4. The van der Waals surface area contributed by atoms with E-state index in [1.54, 1.807) is 30.3 Å². The van der Waals surface area contributed by atoms with Gasteiger partial charge in [0.1, 0.15) is 12.6 Å². The number of rotatable bonds is 13. The van der Waals surface area contributed by atoms with Crippen LogP contribution in [0.2, 0.25) is 5.02 Å². The van der Waals surface area contributed by atoms with Gasteiger partial charge in [0.2, 0.25) is 21.8 Å². The van der Waals surface area contributed by atoms with Crippen LogP contribution in [0, 0.1) is 0 Å². The predicted octanol–water partition coefficient (Wildman–Crippen LogP) is 5.78. The average Bonchev–Trinajstić information content (AvgIpc) is 2.94. The second kappa shape index (κ2) is 14.5. The molecule has 0 aliphatic carbocycles. The Kier molecular flexibility index (Phi) is 11.4. The summed E-state index contributed by atoms with van der Waals surface area (Å²) in [5, 5.41) is 3.47. The maximum absolute atomic E-state index is 14.2. The van der Waals surface area contributed by atoms with Crippen LogP contribution < -0.4 is 9.62 Å². The maximum Gasteiger partial charge on any atom is 0.244 e. The van der Waals surface area contributed by atoms with Gasteiger partial charge < -0.3 is 10.2 Å². The first-order valence-corrected chi connectivity index (χ1v) is 16.1. The van der Waals surface area contributed by atoms with Crippen LogP contribution in [0.3, 0.4) is 0 Å². The van der Waals surface area contributed by atoms with Crippen LogP contribution in [-0.4, -0.2) is 50.0 Å². The Morgan fingerprint density at radius 2 is 1.51 bits per heavy atom. The van der Waals surface area contributed by atoms with Crippen LogP contribution in [0.5, 0.6) is 0 Å². The Morgan fingerprint density at radius 3 is 2.07 bits per heavy atom. The lowest BCUT2D eigenvalue weighted by molar-refractivity contribution is -0.140. The van der Waals surface area contributed by atoms with Crippen molar-refractivity contribution >= 4 is 39.1 Å². The van der Waals surface area contributed by atoms with Gasteiger partial charge >= 0.3 is 0 Å². The van der Waals surface area contributed by atoms with Gasteiger partial charge in [0, 0.05) is 24.0 Å². The molecular weight excluding hydrogens is 558 g/mol. The van der Waals surface area contributed by atoms with E-state index in [4.69, 9.17) is 11.6 Å². The highest BCUT2D eigenvalue weighted by atomic mass is 35.5. The minimum atomic E-state index is -3.83. The van der Waals surface area contributed by atoms with Crippen LogP contribution in [0.15, 0.2) is 78.9 Å². The molecule has 1 N–H and O–H groups in total. The van der Waals surface area contributed by atoms with Crippen LogP contribution >= 0.6 is 11.6 Å². The normalized spacial score (nSPS) is 13.0. The summed E-state index contributed by atoms with van der Waals surface area (Å²) in [4.78, 5) is 29.3. The van der Waals surface area contributed by atoms with E-state index in [2.05, 4.69) is 19.2 Å². The quantitative estimate of drug-likeness (QED) is 0.270. The molecule has 0 radical (unpaired) electrons. The number of nitrogens with zero attached hydrogens (tertiary/aromatic N) is 2. The molecule has 3 aromatic rings. The number of halogens is 1. The lowest BCUT2D eigenvalue weighted by atomic mass is 10.0. The average molecular weight is 598 g/mol. The van der Waals surface area contributed by atoms with Gasteiger partial charge in [0.05, 0.1) is 11.9 Å². The second-order valence-corrected chi connectivity index (χ2v) is 13.0. The summed E-state index contributed by atoms with van der Waals surface area (Å²) in [6, 6.07) is 22.7. The largest absolute Gasteiger partial charge is 0.352 e. The first kappa shape index (κ1) is 32.2. The van der Waals surface area contributed by atoms with E-state index >= 15 is 0 Å². The summed E-state index contributed by atoms with van der Waals surface area (Å²) in [6.07, 6.45) is 2.05. The van der Waals surface area contributed by atoms with Crippen molar-refractivity contribution in [2.45, 2.75) is 65.1 Å². The lowest BCUT2D eigenvalue weighted by Gasteiger charge is -2.34. The van der Waals surface area contributed by atoms with Gasteiger partial charge in [-0.15, -0.1) is 0 Å². The van der Waals surface area contributed by atoms with Crippen LogP contribution in [0.4, 0.5) is 5.69 Å². The molecule has 0 aromatic heterocycles. The zero-order valence-corrected chi connectivity index (χ0v) is 26.0. The van der Waals surface area contributed by atoms with E-state index in [1.807, 2.05) is 62.4 Å². The highest BCUT2D eigenvalue weighted by molar-refractivity contribution is 7.92. The van der Waals surface area contributed by atoms with E-state index in [0.29, 0.717) is 16.3 Å². The van der Waals surface area contributed by atoms with Crippen molar-refractivity contribution in [2.24, 2.45) is 0 Å². The molecule has 0 fully saturated rings. The molecule has 0 unspecified atom stereocenters. The summed E-state index contributed by atoms with van der Waals surface area (Å²) >= 11 is 6.49. The molecule has 9 heteroatoms. The lowest BCUT2D eigenvalue weighted by Crippen LogP contribution is -2.54. The number of nitrogens with one attached hydrogen (secondary N) is 1. The molecule has 0 aliphatic rings. The van der Waals surface area contributed by atoms with Crippen molar-refractivity contribution in [3.63, 3.8) is 0 Å². The summed E-state index contributed by atoms with van der Waals surface area (Å²) in [5.41, 5.74) is 2.97. The monoisotopic (exact) mass is 597 g/mol. The van der Waals surface area contributed by atoms with Crippen LogP contribution in [-0.2, 0) is 32.6 Å². The highest BCUT2D eigenvalue weighted by Crippen LogP contribution is 2.24. The van der Waals surface area contributed by atoms with Gasteiger partial charge in [-0.05, 0) is 54.2 Å². The number of hydrogen-bond donors (Lipinski definition) is 1. The summed E-state index contributed by atoms with van der Waals surface area (Å²) < 4.78 is 27.0. The summed E-state index contributed by atoms with van der Waals surface area (Å²) in [7, 11) is -3.83. The molecule has 0 saturated carbocycles. The Morgan fingerprint density at radius 1 is 0.902 bits per heavy atom. The first-order chi connectivity index (χ1) is 19.4. The fourth-order valence-corrected chi connectivity index (χ4v) is 5.49. The van der Waals surface area contributed by atoms with Gasteiger partial charge in [0.15, 0.2) is 0 Å². The Bertz CT molecular complexity index is 1410. The van der Waals surface area contributed by atoms with E-state index in [1.165, 1.54) is 4.90 Å². The van der Waals surface area contributed by atoms with Gasteiger partial charge in [-0.2, -0.15) is 0 Å². The van der Waals surface area contributed by atoms with Gasteiger partial charge in [-0.25, -0.2) is 8.42 Å². The molecule has 3 rings (SSSR count). The fraction of sp³-hybridized carbons (Fsp3) is 0.375. The van der Waals surface area contributed by atoms with E-state index in [-0.39, 0.29) is 30.8 Å². The van der Waals surface area contributed by atoms with Gasteiger partial charge in [0.25, 0.3) is 0 Å². The molecule has 0 bridgehead atoms. The molecule has 0 spiro atoms. The summed E-state index contributed by atoms with van der Waals surface area (Å²) in [5.74, 6) is -0.550. The number of sulfonamides is 1. The first-order valence-electron chi connectivity index (χ1n) is 13.9. The number of anilines is 1. The molecular formula is C32H40ClN3O4S. The number of carbonyl (C=O) groups is 2.